The third kappa shape index (κ3) is 3.74. The van der Waals surface area contributed by atoms with E-state index < -0.39 is 0 Å². The summed E-state index contributed by atoms with van der Waals surface area (Å²) in [6, 6.07) is 7.40. The summed E-state index contributed by atoms with van der Waals surface area (Å²) >= 11 is 5.91. The zero-order chi connectivity index (χ0) is 14.5. The summed E-state index contributed by atoms with van der Waals surface area (Å²) < 4.78 is 11.1. The fourth-order valence-electron chi connectivity index (χ4n) is 1.57. The van der Waals surface area contributed by atoms with E-state index in [1.807, 2.05) is 32.0 Å². The van der Waals surface area contributed by atoms with Crippen molar-refractivity contribution in [2.75, 3.05) is 5.73 Å². The molecule has 0 aliphatic rings. The van der Waals surface area contributed by atoms with Crippen LogP contribution in [0, 0.1) is 0 Å². The van der Waals surface area contributed by atoms with Crippen molar-refractivity contribution in [3.8, 4) is 11.8 Å². The van der Waals surface area contributed by atoms with Gasteiger partial charge in [-0.1, -0.05) is 23.7 Å². The van der Waals surface area contributed by atoms with Crippen LogP contribution in [0.15, 0.2) is 30.6 Å². The van der Waals surface area contributed by atoms with Crippen molar-refractivity contribution in [1.82, 2.24) is 9.97 Å². The maximum atomic E-state index is 5.92. The fraction of sp³-hybridized carbons (Fsp3) is 0.286. The van der Waals surface area contributed by atoms with Gasteiger partial charge in [0.1, 0.15) is 12.9 Å². The molecule has 0 fully saturated rings. The van der Waals surface area contributed by atoms with Gasteiger partial charge < -0.3 is 15.2 Å². The third-order valence-corrected chi connectivity index (χ3v) is 2.66. The summed E-state index contributed by atoms with van der Waals surface area (Å²) in [5.41, 5.74) is 7.15. The number of rotatable bonds is 5. The first-order chi connectivity index (χ1) is 9.56. The second-order valence-electron chi connectivity index (χ2n) is 4.48. The van der Waals surface area contributed by atoms with E-state index in [9.17, 15) is 0 Å². The number of ether oxygens (including phenoxy) is 2. The van der Waals surface area contributed by atoms with E-state index in [2.05, 4.69) is 9.97 Å². The van der Waals surface area contributed by atoms with Crippen LogP contribution in [0.5, 0.6) is 11.8 Å². The Kier molecular flexibility index (Phi) is 4.63. The van der Waals surface area contributed by atoms with Gasteiger partial charge >= 0.3 is 0 Å². The molecule has 106 valence electrons. The van der Waals surface area contributed by atoms with Gasteiger partial charge in [-0.25, -0.2) is 0 Å². The van der Waals surface area contributed by atoms with Crippen molar-refractivity contribution in [3.05, 3.63) is 41.2 Å². The van der Waals surface area contributed by atoms with Gasteiger partial charge in [-0.15, -0.1) is 0 Å². The molecule has 0 atom stereocenters. The highest BCUT2D eigenvalue weighted by Gasteiger charge is 2.12. The topological polar surface area (TPSA) is 70.3 Å². The standard InChI is InChI=1S/C14H16ClN3O2/c1-9(2)20-14-12(16)13(17-8-18-14)19-7-10-4-3-5-11(15)6-10/h3-6,8-9H,7,16H2,1-2H3. The Labute approximate surface area is 122 Å². The number of aromatic nitrogens is 2. The quantitative estimate of drug-likeness (QED) is 0.917. The van der Waals surface area contributed by atoms with Crippen LogP contribution in [0.25, 0.3) is 0 Å². The summed E-state index contributed by atoms with van der Waals surface area (Å²) in [6.45, 7) is 4.12. The van der Waals surface area contributed by atoms with E-state index in [0.29, 0.717) is 29.1 Å². The van der Waals surface area contributed by atoms with Gasteiger partial charge in [-0.05, 0) is 31.5 Å². The SMILES string of the molecule is CC(C)Oc1ncnc(OCc2cccc(Cl)c2)c1N. The lowest BCUT2D eigenvalue weighted by molar-refractivity contribution is 0.230. The van der Waals surface area contributed by atoms with E-state index in [-0.39, 0.29) is 6.10 Å². The number of halogens is 1. The summed E-state index contributed by atoms with van der Waals surface area (Å²) in [5, 5.41) is 0.658. The van der Waals surface area contributed by atoms with Crippen molar-refractivity contribution in [3.63, 3.8) is 0 Å². The molecule has 0 unspecified atom stereocenters. The van der Waals surface area contributed by atoms with Gasteiger partial charge in [-0.2, -0.15) is 9.97 Å². The molecule has 0 bridgehead atoms. The van der Waals surface area contributed by atoms with Crippen LogP contribution < -0.4 is 15.2 Å². The van der Waals surface area contributed by atoms with Crippen molar-refractivity contribution in [2.45, 2.75) is 26.6 Å². The molecule has 0 aliphatic heterocycles. The molecule has 6 heteroatoms. The highest BCUT2D eigenvalue weighted by atomic mass is 35.5. The largest absolute Gasteiger partial charge is 0.473 e. The van der Waals surface area contributed by atoms with Crippen molar-refractivity contribution in [2.24, 2.45) is 0 Å². The molecule has 2 rings (SSSR count). The van der Waals surface area contributed by atoms with Gasteiger partial charge in [0.25, 0.3) is 0 Å². The molecule has 1 aromatic carbocycles. The lowest BCUT2D eigenvalue weighted by Crippen LogP contribution is -2.10. The molecule has 0 radical (unpaired) electrons. The van der Waals surface area contributed by atoms with Gasteiger partial charge in [0.15, 0.2) is 5.69 Å². The summed E-state index contributed by atoms with van der Waals surface area (Å²) in [4.78, 5) is 8.00. The Balaban J connectivity index is 2.10. The van der Waals surface area contributed by atoms with E-state index in [1.165, 1.54) is 6.33 Å². The molecule has 0 saturated carbocycles. The maximum absolute atomic E-state index is 5.92. The predicted molar refractivity (Wildman–Crippen MR) is 78.0 cm³/mol. The lowest BCUT2D eigenvalue weighted by atomic mass is 10.2. The summed E-state index contributed by atoms with van der Waals surface area (Å²) in [6.07, 6.45) is 1.34. The monoisotopic (exact) mass is 293 g/mol. The van der Waals surface area contributed by atoms with Crippen molar-refractivity contribution < 1.29 is 9.47 Å². The highest BCUT2D eigenvalue weighted by Crippen LogP contribution is 2.28. The first-order valence-electron chi connectivity index (χ1n) is 6.20. The molecule has 20 heavy (non-hydrogen) atoms. The minimum atomic E-state index is -0.0204. The van der Waals surface area contributed by atoms with Crippen molar-refractivity contribution >= 4 is 17.3 Å². The minimum absolute atomic E-state index is 0.0204. The van der Waals surface area contributed by atoms with E-state index in [0.717, 1.165) is 5.56 Å². The number of benzene rings is 1. The Bertz CT molecular complexity index is 590. The fourth-order valence-corrected chi connectivity index (χ4v) is 1.79. The molecule has 0 saturated heterocycles. The second-order valence-corrected chi connectivity index (χ2v) is 4.92. The van der Waals surface area contributed by atoms with E-state index >= 15 is 0 Å². The Morgan fingerprint density at radius 3 is 2.70 bits per heavy atom. The van der Waals surface area contributed by atoms with E-state index in [4.69, 9.17) is 26.8 Å². The predicted octanol–water partition coefficient (Wildman–Crippen LogP) is 3.08. The first-order valence-corrected chi connectivity index (χ1v) is 6.58. The van der Waals surface area contributed by atoms with Gasteiger partial charge in [0, 0.05) is 5.02 Å². The van der Waals surface area contributed by atoms with Crippen LogP contribution in [0.4, 0.5) is 5.69 Å². The van der Waals surface area contributed by atoms with Gasteiger partial charge in [0.05, 0.1) is 6.10 Å². The molecule has 0 spiro atoms. The maximum Gasteiger partial charge on any atom is 0.244 e. The lowest BCUT2D eigenvalue weighted by Gasteiger charge is -2.13. The number of anilines is 1. The minimum Gasteiger partial charge on any atom is -0.473 e. The number of nitrogen functional groups attached to an aromatic ring is 1. The smallest absolute Gasteiger partial charge is 0.244 e. The van der Waals surface area contributed by atoms with Crippen LogP contribution in [0.1, 0.15) is 19.4 Å². The van der Waals surface area contributed by atoms with Gasteiger partial charge in [-0.3, -0.25) is 0 Å². The first kappa shape index (κ1) is 14.4. The summed E-state index contributed by atoms with van der Waals surface area (Å²) in [5.74, 6) is 0.631. The highest BCUT2D eigenvalue weighted by molar-refractivity contribution is 6.30. The third-order valence-electron chi connectivity index (χ3n) is 2.42. The Hall–Kier alpha value is -2.01. The van der Waals surface area contributed by atoms with Crippen LogP contribution in [-0.2, 0) is 6.61 Å². The average molecular weight is 294 g/mol. The van der Waals surface area contributed by atoms with Gasteiger partial charge in [0.2, 0.25) is 11.8 Å². The summed E-state index contributed by atoms with van der Waals surface area (Å²) in [7, 11) is 0. The number of nitrogens with two attached hydrogens (primary N) is 1. The molecule has 1 heterocycles. The zero-order valence-corrected chi connectivity index (χ0v) is 12.1. The van der Waals surface area contributed by atoms with E-state index in [1.54, 1.807) is 6.07 Å². The zero-order valence-electron chi connectivity index (χ0n) is 11.3. The molecular weight excluding hydrogens is 278 g/mol. The molecule has 5 nitrogen and oxygen atoms in total. The van der Waals surface area contributed by atoms with Crippen molar-refractivity contribution in [1.29, 1.82) is 0 Å². The molecule has 1 aromatic heterocycles. The van der Waals surface area contributed by atoms with Crippen LogP contribution in [0.3, 0.4) is 0 Å². The average Bonchev–Trinajstić information content (AvgIpc) is 2.39. The molecule has 0 aliphatic carbocycles. The number of hydrogen-bond donors (Lipinski definition) is 1. The Morgan fingerprint density at radius 1 is 1.25 bits per heavy atom. The normalized spacial score (nSPS) is 10.6. The number of nitrogens with zero attached hydrogens (tertiary/aromatic N) is 2. The molecule has 0 amide bonds. The second kappa shape index (κ2) is 6.43. The molecule has 2 N–H and O–H groups in total. The van der Waals surface area contributed by atoms with Crippen LogP contribution in [-0.4, -0.2) is 16.1 Å². The van der Waals surface area contributed by atoms with Crippen LogP contribution >= 0.6 is 11.6 Å². The Morgan fingerprint density at radius 2 is 2.00 bits per heavy atom. The molecular formula is C14H16ClN3O2. The van der Waals surface area contributed by atoms with Crippen LogP contribution in [0.2, 0.25) is 5.02 Å². The molecule has 2 aromatic rings. The number of hydrogen-bond acceptors (Lipinski definition) is 5.